The second-order valence-electron chi connectivity index (χ2n) is 4.71. The van der Waals surface area contributed by atoms with Gasteiger partial charge in [-0.15, -0.1) is 0 Å². The highest BCUT2D eigenvalue weighted by Crippen LogP contribution is 2.05. The topological polar surface area (TPSA) is 51.1 Å². The van der Waals surface area contributed by atoms with E-state index in [4.69, 9.17) is 0 Å². The van der Waals surface area contributed by atoms with Crippen LogP contribution in [-0.4, -0.2) is 17.0 Å². The Bertz CT molecular complexity index is 653. The molecule has 0 bridgehead atoms. The zero-order valence-corrected chi connectivity index (χ0v) is 13.2. The lowest BCUT2D eigenvalue weighted by atomic mass is 10.2. The smallest absolute Gasteiger partial charge is 0.251 e. The molecule has 1 amide bonds. The number of nitrogens with zero attached hydrogens (tertiary/aromatic N) is 1. The van der Waals surface area contributed by atoms with Crippen molar-refractivity contribution < 1.29 is 4.79 Å². The number of aromatic nitrogens is 1. The van der Waals surface area contributed by atoms with Crippen molar-refractivity contribution in [1.82, 2.24) is 9.88 Å². The minimum Gasteiger partial charge on any atom is -0.352 e. The lowest BCUT2D eigenvalue weighted by Crippen LogP contribution is -2.25. The Morgan fingerprint density at radius 1 is 1.10 bits per heavy atom. The second kappa shape index (κ2) is 7.78. The van der Waals surface area contributed by atoms with Gasteiger partial charge in [-0.2, -0.15) is 0 Å². The Hall–Kier alpha value is -1.88. The monoisotopic (exact) mass is 348 g/mol. The number of rotatable bonds is 6. The van der Waals surface area contributed by atoms with Gasteiger partial charge in [-0.25, -0.2) is 0 Å². The predicted molar refractivity (Wildman–Crippen MR) is 86.4 cm³/mol. The molecule has 4 nitrogen and oxygen atoms in total. The summed E-state index contributed by atoms with van der Waals surface area (Å²) in [6, 6.07) is 12.4. The van der Waals surface area contributed by atoms with E-state index < -0.39 is 0 Å². The van der Waals surface area contributed by atoms with Gasteiger partial charge in [0.15, 0.2) is 0 Å². The SMILES string of the molecule is O=C(NCCCCn1cc(Br)ccc1=O)c1ccccc1. The molecule has 1 aromatic heterocycles. The number of carbonyl (C=O) groups excluding carboxylic acids is 1. The Morgan fingerprint density at radius 2 is 1.86 bits per heavy atom. The predicted octanol–water partition coefficient (Wildman–Crippen LogP) is 2.82. The molecule has 1 heterocycles. The molecule has 0 unspecified atom stereocenters. The lowest BCUT2D eigenvalue weighted by molar-refractivity contribution is 0.0953. The lowest BCUT2D eigenvalue weighted by Gasteiger charge is -2.07. The fourth-order valence-corrected chi connectivity index (χ4v) is 2.36. The maximum atomic E-state index is 11.8. The molecule has 110 valence electrons. The average molecular weight is 349 g/mol. The highest BCUT2D eigenvalue weighted by atomic mass is 79.9. The summed E-state index contributed by atoms with van der Waals surface area (Å²) in [7, 11) is 0. The standard InChI is InChI=1S/C16H17BrN2O2/c17-14-8-9-15(20)19(12-14)11-5-4-10-18-16(21)13-6-2-1-3-7-13/h1-3,6-9,12H,4-5,10-11H2,(H,18,21). The molecule has 2 aromatic rings. The van der Waals surface area contributed by atoms with Gasteiger partial charge >= 0.3 is 0 Å². The van der Waals surface area contributed by atoms with Gasteiger partial charge < -0.3 is 9.88 Å². The molecule has 1 aromatic carbocycles. The Labute approximate surface area is 131 Å². The van der Waals surface area contributed by atoms with E-state index >= 15 is 0 Å². The average Bonchev–Trinajstić information content (AvgIpc) is 2.51. The number of hydrogen-bond donors (Lipinski definition) is 1. The number of nitrogens with one attached hydrogen (secondary N) is 1. The van der Waals surface area contributed by atoms with Crippen molar-refractivity contribution in [3.05, 3.63) is 69.1 Å². The largest absolute Gasteiger partial charge is 0.352 e. The van der Waals surface area contributed by atoms with E-state index in [-0.39, 0.29) is 11.5 Å². The van der Waals surface area contributed by atoms with Crippen molar-refractivity contribution >= 4 is 21.8 Å². The highest BCUT2D eigenvalue weighted by molar-refractivity contribution is 9.10. The van der Waals surface area contributed by atoms with E-state index in [1.54, 1.807) is 35.0 Å². The third-order valence-corrected chi connectivity index (χ3v) is 3.56. The van der Waals surface area contributed by atoms with Crippen molar-refractivity contribution in [2.24, 2.45) is 0 Å². The zero-order chi connectivity index (χ0) is 15.1. The van der Waals surface area contributed by atoms with Crippen molar-refractivity contribution in [3.63, 3.8) is 0 Å². The molecule has 0 saturated heterocycles. The molecule has 0 aliphatic carbocycles. The van der Waals surface area contributed by atoms with Gasteiger partial charge in [-0.1, -0.05) is 18.2 Å². The molecule has 0 aliphatic heterocycles. The Balaban J connectivity index is 1.72. The summed E-state index contributed by atoms with van der Waals surface area (Å²) in [5.74, 6) is -0.0600. The highest BCUT2D eigenvalue weighted by Gasteiger charge is 2.03. The van der Waals surface area contributed by atoms with Gasteiger partial charge in [0.05, 0.1) is 0 Å². The molecule has 0 radical (unpaired) electrons. The molecular formula is C16H17BrN2O2. The van der Waals surface area contributed by atoms with Crippen LogP contribution in [0.15, 0.2) is 57.9 Å². The van der Waals surface area contributed by atoms with Crippen LogP contribution >= 0.6 is 15.9 Å². The van der Waals surface area contributed by atoms with Crippen LogP contribution in [-0.2, 0) is 6.54 Å². The molecule has 0 spiro atoms. The van der Waals surface area contributed by atoms with E-state index in [1.807, 2.05) is 18.2 Å². The second-order valence-corrected chi connectivity index (χ2v) is 5.62. The quantitative estimate of drug-likeness (QED) is 0.816. The van der Waals surface area contributed by atoms with Gasteiger partial charge in [0.1, 0.15) is 0 Å². The number of halogens is 1. The first-order valence-electron chi connectivity index (χ1n) is 6.86. The Morgan fingerprint density at radius 3 is 2.62 bits per heavy atom. The third kappa shape index (κ3) is 4.86. The molecule has 5 heteroatoms. The number of hydrogen-bond acceptors (Lipinski definition) is 2. The van der Waals surface area contributed by atoms with Crippen LogP contribution in [0.1, 0.15) is 23.2 Å². The maximum Gasteiger partial charge on any atom is 0.251 e. The van der Waals surface area contributed by atoms with Crippen molar-refractivity contribution in [2.75, 3.05) is 6.54 Å². The summed E-state index contributed by atoms with van der Waals surface area (Å²) in [6.07, 6.45) is 3.45. The Kier molecular flexibility index (Phi) is 5.75. The van der Waals surface area contributed by atoms with E-state index in [1.165, 1.54) is 0 Å². The minimum absolute atomic E-state index is 0.00785. The molecule has 0 aliphatic rings. The molecule has 2 rings (SSSR count). The van der Waals surface area contributed by atoms with Crippen LogP contribution in [0, 0.1) is 0 Å². The summed E-state index contributed by atoms with van der Waals surface area (Å²) < 4.78 is 2.56. The van der Waals surface area contributed by atoms with E-state index in [0.29, 0.717) is 18.7 Å². The first-order chi connectivity index (χ1) is 10.2. The fraction of sp³-hybridized carbons (Fsp3) is 0.250. The number of amides is 1. The van der Waals surface area contributed by atoms with Crippen LogP contribution in [0.5, 0.6) is 0 Å². The third-order valence-electron chi connectivity index (χ3n) is 3.09. The number of carbonyl (C=O) groups is 1. The van der Waals surface area contributed by atoms with Gasteiger partial charge in [-0.3, -0.25) is 9.59 Å². The minimum atomic E-state index is -0.0600. The van der Waals surface area contributed by atoms with Crippen molar-refractivity contribution in [2.45, 2.75) is 19.4 Å². The molecule has 0 atom stereocenters. The molecule has 0 fully saturated rings. The first-order valence-corrected chi connectivity index (χ1v) is 7.65. The fourth-order valence-electron chi connectivity index (χ4n) is 1.98. The van der Waals surface area contributed by atoms with Crippen LogP contribution in [0.4, 0.5) is 0 Å². The summed E-state index contributed by atoms with van der Waals surface area (Å²) in [5.41, 5.74) is 0.659. The maximum absolute atomic E-state index is 11.8. The van der Waals surface area contributed by atoms with Crippen molar-refractivity contribution in [1.29, 1.82) is 0 Å². The number of aryl methyl sites for hydroxylation is 1. The van der Waals surface area contributed by atoms with Gasteiger partial charge in [0.25, 0.3) is 11.5 Å². The summed E-state index contributed by atoms with van der Waals surface area (Å²) >= 11 is 3.35. The van der Waals surface area contributed by atoms with E-state index in [9.17, 15) is 9.59 Å². The van der Waals surface area contributed by atoms with Gasteiger partial charge in [0, 0.05) is 35.4 Å². The van der Waals surface area contributed by atoms with Crippen LogP contribution in [0.3, 0.4) is 0 Å². The summed E-state index contributed by atoms with van der Waals surface area (Å²) in [4.78, 5) is 23.4. The van der Waals surface area contributed by atoms with E-state index in [2.05, 4.69) is 21.2 Å². The normalized spacial score (nSPS) is 10.3. The zero-order valence-electron chi connectivity index (χ0n) is 11.6. The summed E-state index contributed by atoms with van der Waals surface area (Å²) in [6.45, 7) is 1.26. The van der Waals surface area contributed by atoms with Crippen LogP contribution in [0.25, 0.3) is 0 Å². The van der Waals surface area contributed by atoms with Crippen molar-refractivity contribution in [3.8, 4) is 0 Å². The molecule has 21 heavy (non-hydrogen) atoms. The number of benzene rings is 1. The van der Waals surface area contributed by atoms with Crippen LogP contribution in [0.2, 0.25) is 0 Å². The molecule has 1 N–H and O–H groups in total. The van der Waals surface area contributed by atoms with Gasteiger partial charge in [0.2, 0.25) is 0 Å². The number of pyridine rings is 1. The summed E-state index contributed by atoms with van der Waals surface area (Å²) in [5, 5.41) is 2.88. The van der Waals surface area contributed by atoms with E-state index in [0.717, 1.165) is 17.3 Å². The van der Waals surface area contributed by atoms with Gasteiger partial charge in [-0.05, 0) is 47.0 Å². The number of unbranched alkanes of at least 4 members (excludes halogenated alkanes) is 1. The van der Waals surface area contributed by atoms with Crippen LogP contribution < -0.4 is 10.9 Å². The first kappa shape index (κ1) is 15.5. The molecular weight excluding hydrogens is 332 g/mol. The molecule has 0 saturated carbocycles.